The average molecular weight is 330 g/mol. The summed E-state index contributed by atoms with van der Waals surface area (Å²) >= 11 is 0. The Morgan fingerprint density at radius 2 is 2.05 bits per heavy atom. The molecule has 128 valence electrons. The Balaban J connectivity index is 1.69. The Kier molecular flexibility index (Phi) is 6.50. The Bertz CT molecular complexity index is 472. The Labute approximate surface area is 134 Å². The first-order chi connectivity index (χ1) is 10.5. The van der Waals surface area contributed by atoms with Crippen LogP contribution in [0, 0.1) is 5.92 Å². The van der Waals surface area contributed by atoms with Gasteiger partial charge in [-0.25, -0.2) is 8.42 Å². The maximum absolute atomic E-state index is 11.5. The highest BCUT2D eigenvalue weighted by Gasteiger charge is 2.28. The van der Waals surface area contributed by atoms with Gasteiger partial charge in [-0.1, -0.05) is 13.3 Å². The van der Waals surface area contributed by atoms with Crippen LogP contribution in [0.5, 0.6) is 0 Å². The molecule has 0 saturated carbocycles. The molecule has 2 aliphatic rings. The standard InChI is InChI=1S/C15H30N4O2S/c1-13(11-19-7-4-3-5-8-19)10-17-15(16-2)18-14-6-9-22(20,21)12-14/h13-14H,3-12H2,1-2H3,(H2,16,17,18). The summed E-state index contributed by atoms with van der Waals surface area (Å²) in [6.45, 7) is 6.65. The molecular weight excluding hydrogens is 300 g/mol. The average Bonchev–Trinajstić information content (AvgIpc) is 2.83. The number of hydrogen-bond acceptors (Lipinski definition) is 4. The first-order valence-electron chi connectivity index (χ1n) is 8.38. The second-order valence-corrected chi connectivity index (χ2v) is 8.89. The van der Waals surface area contributed by atoms with Crippen molar-refractivity contribution in [1.82, 2.24) is 15.5 Å². The molecule has 7 heteroatoms. The van der Waals surface area contributed by atoms with Gasteiger partial charge in [-0.15, -0.1) is 0 Å². The molecule has 2 fully saturated rings. The van der Waals surface area contributed by atoms with E-state index in [1.807, 2.05) is 0 Å². The highest BCUT2D eigenvalue weighted by atomic mass is 32.2. The lowest BCUT2D eigenvalue weighted by Gasteiger charge is -2.29. The van der Waals surface area contributed by atoms with Gasteiger partial charge in [0.25, 0.3) is 0 Å². The van der Waals surface area contributed by atoms with E-state index in [9.17, 15) is 8.42 Å². The predicted octanol–water partition coefficient (Wildman–Crippen LogP) is 0.461. The Hall–Kier alpha value is -0.820. The van der Waals surface area contributed by atoms with Crippen molar-refractivity contribution in [2.24, 2.45) is 10.9 Å². The lowest BCUT2D eigenvalue weighted by atomic mass is 10.1. The summed E-state index contributed by atoms with van der Waals surface area (Å²) < 4.78 is 23.0. The summed E-state index contributed by atoms with van der Waals surface area (Å²) in [6.07, 6.45) is 4.68. The van der Waals surface area contributed by atoms with Crippen LogP contribution in [0.3, 0.4) is 0 Å². The quantitative estimate of drug-likeness (QED) is 0.566. The normalized spacial score (nSPS) is 27.5. The van der Waals surface area contributed by atoms with Gasteiger partial charge in [0.05, 0.1) is 11.5 Å². The molecule has 0 amide bonds. The van der Waals surface area contributed by atoms with Crippen LogP contribution < -0.4 is 10.6 Å². The van der Waals surface area contributed by atoms with Crippen molar-refractivity contribution in [3.05, 3.63) is 0 Å². The molecule has 0 bridgehead atoms. The maximum Gasteiger partial charge on any atom is 0.191 e. The van der Waals surface area contributed by atoms with E-state index in [2.05, 4.69) is 27.4 Å². The van der Waals surface area contributed by atoms with E-state index in [0.717, 1.165) is 13.1 Å². The molecule has 0 aromatic rings. The minimum absolute atomic E-state index is 0.00593. The van der Waals surface area contributed by atoms with Crippen molar-refractivity contribution >= 4 is 15.8 Å². The molecule has 0 radical (unpaired) electrons. The van der Waals surface area contributed by atoms with Gasteiger partial charge in [0.15, 0.2) is 15.8 Å². The molecule has 0 aromatic heterocycles. The van der Waals surface area contributed by atoms with Crippen LogP contribution >= 0.6 is 0 Å². The zero-order valence-corrected chi connectivity index (χ0v) is 14.7. The predicted molar refractivity (Wildman–Crippen MR) is 91.0 cm³/mol. The fourth-order valence-electron chi connectivity index (χ4n) is 3.22. The molecule has 0 aliphatic carbocycles. The number of nitrogens with one attached hydrogen (secondary N) is 2. The maximum atomic E-state index is 11.5. The van der Waals surface area contributed by atoms with E-state index < -0.39 is 9.84 Å². The van der Waals surface area contributed by atoms with Crippen molar-refractivity contribution in [3.63, 3.8) is 0 Å². The van der Waals surface area contributed by atoms with Crippen molar-refractivity contribution in [1.29, 1.82) is 0 Å². The zero-order chi connectivity index (χ0) is 16.0. The summed E-state index contributed by atoms with van der Waals surface area (Å²) in [7, 11) is -1.12. The molecular formula is C15H30N4O2S. The lowest BCUT2D eigenvalue weighted by molar-refractivity contribution is 0.201. The van der Waals surface area contributed by atoms with E-state index in [4.69, 9.17) is 0 Å². The fourth-order valence-corrected chi connectivity index (χ4v) is 4.89. The highest BCUT2D eigenvalue weighted by Crippen LogP contribution is 2.12. The van der Waals surface area contributed by atoms with Crippen molar-refractivity contribution < 1.29 is 8.42 Å². The third kappa shape index (κ3) is 5.76. The lowest BCUT2D eigenvalue weighted by Crippen LogP contribution is -2.46. The molecule has 2 aliphatic heterocycles. The van der Waals surface area contributed by atoms with E-state index in [0.29, 0.717) is 18.3 Å². The van der Waals surface area contributed by atoms with Crippen LogP contribution in [0.4, 0.5) is 0 Å². The van der Waals surface area contributed by atoms with Gasteiger partial charge in [-0.3, -0.25) is 4.99 Å². The first kappa shape index (κ1) is 17.5. The Morgan fingerprint density at radius 1 is 1.32 bits per heavy atom. The van der Waals surface area contributed by atoms with Gasteiger partial charge in [0, 0.05) is 26.2 Å². The largest absolute Gasteiger partial charge is 0.356 e. The SMILES string of the molecule is CN=C(NCC(C)CN1CCCCC1)NC1CCS(=O)(=O)C1. The van der Waals surface area contributed by atoms with Gasteiger partial charge < -0.3 is 15.5 Å². The molecule has 2 unspecified atom stereocenters. The topological polar surface area (TPSA) is 73.8 Å². The zero-order valence-electron chi connectivity index (χ0n) is 13.8. The molecule has 2 heterocycles. The van der Waals surface area contributed by atoms with Gasteiger partial charge in [-0.2, -0.15) is 0 Å². The smallest absolute Gasteiger partial charge is 0.191 e. The second kappa shape index (κ2) is 8.15. The summed E-state index contributed by atoms with van der Waals surface area (Å²) in [5.41, 5.74) is 0. The summed E-state index contributed by atoms with van der Waals surface area (Å²) in [5.74, 6) is 1.76. The van der Waals surface area contributed by atoms with Crippen LogP contribution in [0.1, 0.15) is 32.6 Å². The third-order valence-electron chi connectivity index (χ3n) is 4.43. The third-order valence-corrected chi connectivity index (χ3v) is 6.20. The van der Waals surface area contributed by atoms with Gasteiger partial charge in [0.1, 0.15) is 0 Å². The van der Waals surface area contributed by atoms with Crippen LogP contribution in [0.25, 0.3) is 0 Å². The number of sulfone groups is 1. The van der Waals surface area contributed by atoms with Crippen molar-refractivity contribution in [2.45, 2.75) is 38.6 Å². The van der Waals surface area contributed by atoms with E-state index >= 15 is 0 Å². The number of guanidine groups is 1. The second-order valence-electron chi connectivity index (χ2n) is 6.66. The summed E-state index contributed by atoms with van der Waals surface area (Å²) in [4.78, 5) is 6.74. The van der Waals surface area contributed by atoms with Crippen LogP contribution in [0.15, 0.2) is 4.99 Å². The minimum Gasteiger partial charge on any atom is -0.356 e. The molecule has 2 rings (SSSR count). The number of hydrogen-bond donors (Lipinski definition) is 2. The molecule has 2 atom stereocenters. The van der Waals surface area contributed by atoms with E-state index in [-0.39, 0.29) is 17.5 Å². The van der Waals surface area contributed by atoms with Gasteiger partial charge in [0.2, 0.25) is 0 Å². The summed E-state index contributed by atoms with van der Waals surface area (Å²) in [5, 5.41) is 6.56. The van der Waals surface area contributed by atoms with Crippen molar-refractivity contribution in [2.75, 3.05) is 44.7 Å². The van der Waals surface area contributed by atoms with E-state index in [1.54, 1.807) is 7.05 Å². The fraction of sp³-hybridized carbons (Fsp3) is 0.933. The summed E-state index contributed by atoms with van der Waals surface area (Å²) in [6, 6.07) is -0.00593. The van der Waals surface area contributed by atoms with Crippen LogP contribution in [-0.4, -0.2) is 70.1 Å². The van der Waals surface area contributed by atoms with E-state index in [1.165, 1.54) is 32.4 Å². The molecule has 2 saturated heterocycles. The number of aliphatic imine (C=N–C) groups is 1. The first-order valence-corrected chi connectivity index (χ1v) is 10.2. The monoisotopic (exact) mass is 330 g/mol. The van der Waals surface area contributed by atoms with Gasteiger partial charge >= 0.3 is 0 Å². The molecule has 6 nitrogen and oxygen atoms in total. The van der Waals surface area contributed by atoms with Crippen LogP contribution in [-0.2, 0) is 9.84 Å². The minimum atomic E-state index is -2.85. The number of rotatable bonds is 5. The van der Waals surface area contributed by atoms with Crippen LogP contribution in [0.2, 0.25) is 0 Å². The van der Waals surface area contributed by atoms with Gasteiger partial charge in [-0.05, 0) is 38.3 Å². The highest BCUT2D eigenvalue weighted by molar-refractivity contribution is 7.91. The number of likely N-dealkylation sites (tertiary alicyclic amines) is 1. The van der Waals surface area contributed by atoms with Crippen molar-refractivity contribution in [3.8, 4) is 0 Å². The Morgan fingerprint density at radius 3 is 2.64 bits per heavy atom. The molecule has 2 N–H and O–H groups in total. The molecule has 0 spiro atoms. The molecule has 0 aromatic carbocycles. The molecule has 22 heavy (non-hydrogen) atoms. The number of piperidine rings is 1. The number of nitrogens with zero attached hydrogens (tertiary/aromatic N) is 2.